The molecule has 0 aliphatic carbocycles. The van der Waals surface area contributed by atoms with Gasteiger partial charge in [0.05, 0.1) is 27.5 Å². The van der Waals surface area contributed by atoms with E-state index in [0.717, 1.165) is 5.56 Å². The number of furan rings is 1. The lowest BCUT2D eigenvalue weighted by molar-refractivity contribution is 0.0483. The number of benzene rings is 1. The molecule has 1 aliphatic heterocycles. The van der Waals surface area contributed by atoms with Gasteiger partial charge in [-0.25, -0.2) is 19.2 Å². The fraction of sp³-hybridized carbons (Fsp3) is 0.375. The van der Waals surface area contributed by atoms with E-state index >= 15 is 0 Å². The van der Waals surface area contributed by atoms with E-state index in [9.17, 15) is 19.1 Å². The first kappa shape index (κ1) is 29.5. The fourth-order valence-electron chi connectivity index (χ4n) is 5.64. The molecule has 42 heavy (non-hydrogen) atoms. The Morgan fingerprint density at radius 3 is 2.38 bits per heavy atom. The Labute approximate surface area is 249 Å². The van der Waals surface area contributed by atoms with Gasteiger partial charge in [-0.15, -0.1) is 0 Å². The van der Waals surface area contributed by atoms with E-state index in [1.165, 1.54) is 12.1 Å². The second kappa shape index (κ2) is 10.4. The zero-order valence-electron chi connectivity index (χ0n) is 24.8. The Bertz CT molecular complexity index is 1720. The van der Waals surface area contributed by atoms with Crippen LogP contribution in [0.2, 0.25) is 5.02 Å². The summed E-state index contributed by atoms with van der Waals surface area (Å²) in [6.45, 7) is 15.0. The summed E-state index contributed by atoms with van der Waals surface area (Å²) in [6, 6.07) is 9.88. The summed E-state index contributed by atoms with van der Waals surface area (Å²) in [4.78, 5) is 38.7. The molecule has 1 N–H and O–H groups in total. The number of pyridine rings is 2. The van der Waals surface area contributed by atoms with E-state index < -0.39 is 17.3 Å². The van der Waals surface area contributed by atoms with Crippen molar-refractivity contribution in [3.8, 4) is 11.3 Å². The molecule has 0 atom stereocenters. The van der Waals surface area contributed by atoms with E-state index in [1.807, 2.05) is 40.7 Å². The fourth-order valence-corrected chi connectivity index (χ4v) is 5.76. The molecule has 1 saturated heterocycles. The van der Waals surface area contributed by atoms with Crippen LogP contribution in [0.5, 0.6) is 0 Å². The number of rotatable bonds is 4. The second-order valence-electron chi connectivity index (χ2n) is 12.5. The molecular weight excluding hydrogens is 559 g/mol. The number of amides is 1. The smallest absolute Gasteiger partial charge is 0.337 e. The highest BCUT2D eigenvalue weighted by Gasteiger charge is 2.39. The standard InChI is InChI=1S/C32H34ClFN4O4/c1-17-12-26(35-18(2)27(17)30(40)41)37-10-11-38(32(6,7)16-37)29(39)25-15-24-28(42-25)20(31(3,4)5)14-23(36-24)19-8-9-21(33)22(34)13-19/h8-9,12-15H,10-11,16H2,1-7H3,(H,40,41). The summed E-state index contributed by atoms with van der Waals surface area (Å²) in [6.07, 6.45) is 0. The van der Waals surface area contributed by atoms with Gasteiger partial charge in [0, 0.05) is 36.8 Å². The molecule has 1 aromatic carbocycles. The third-order valence-electron chi connectivity index (χ3n) is 7.78. The van der Waals surface area contributed by atoms with E-state index in [1.54, 1.807) is 36.9 Å². The molecular formula is C32H34ClFN4O4. The maximum atomic E-state index is 14.3. The topological polar surface area (TPSA) is 99.8 Å². The van der Waals surface area contributed by atoms with Gasteiger partial charge in [0.15, 0.2) is 11.3 Å². The normalized spacial score (nSPS) is 15.4. The van der Waals surface area contributed by atoms with Crippen molar-refractivity contribution in [3.05, 3.63) is 75.4 Å². The highest BCUT2D eigenvalue weighted by molar-refractivity contribution is 6.30. The molecule has 0 radical (unpaired) electrons. The van der Waals surface area contributed by atoms with Gasteiger partial charge in [-0.1, -0.05) is 38.4 Å². The van der Waals surface area contributed by atoms with Crippen LogP contribution in [-0.4, -0.2) is 57.0 Å². The monoisotopic (exact) mass is 592 g/mol. The van der Waals surface area contributed by atoms with Crippen molar-refractivity contribution in [1.29, 1.82) is 0 Å². The van der Waals surface area contributed by atoms with Gasteiger partial charge in [0.1, 0.15) is 17.2 Å². The summed E-state index contributed by atoms with van der Waals surface area (Å²) in [5, 5.41) is 9.55. The van der Waals surface area contributed by atoms with Gasteiger partial charge < -0.3 is 19.3 Å². The van der Waals surface area contributed by atoms with E-state index in [2.05, 4.69) is 9.88 Å². The molecule has 220 valence electrons. The lowest BCUT2D eigenvalue weighted by atomic mass is 9.86. The van der Waals surface area contributed by atoms with Crippen LogP contribution >= 0.6 is 11.6 Å². The minimum absolute atomic E-state index is 0.0353. The number of fused-ring (bicyclic) bond motifs is 1. The van der Waals surface area contributed by atoms with Crippen molar-refractivity contribution in [1.82, 2.24) is 14.9 Å². The van der Waals surface area contributed by atoms with Crippen molar-refractivity contribution in [2.24, 2.45) is 0 Å². The van der Waals surface area contributed by atoms with Crippen molar-refractivity contribution >= 4 is 40.4 Å². The van der Waals surface area contributed by atoms with E-state index in [4.69, 9.17) is 21.0 Å². The minimum atomic E-state index is -0.998. The summed E-state index contributed by atoms with van der Waals surface area (Å²) in [5.41, 5.74) is 3.40. The molecule has 4 aromatic rings. The predicted octanol–water partition coefficient (Wildman–Crippen LogP) is 7.04. The number of halogens is 2. The Morgan fingerprint density at radius 2 is 1.79 bits per heavy atom. The molecule has 3 aromatic heterocycles. The first-order valence-corrected chi connectivity index (χ1v) is 14.1. The Kier molecular flexibility index (Phi) is 7.29. The van der Waals surface area contributed by atoms with Crippen molar-refractivity contribution in [3.63, 3.8) is 0 Å². The van der Waals surface area contributed by atoms with Crippen molar-refractivity contribution in [2.45, 2.75) is 59.4 Å². The Hall–Kier alpha value is -3.98. The van der Waals surface area contributed by atoms with Crippen LogP contribution in [0.25, 0.3) is 22.4 Å². The number of carboxylic acids is 1. The third kappa shape index (κ3) is 5.33. The maximum absolute atomic E-state index is 14.3. The number of carboxylic acid groups (broad SMARTS) is 1. The average Bonchev–Trinajstić information content (AvgIpc) is 3.31. The predicted molar refractivity (Wildman–Crippen MR) is 161 cm³/mol. The molecule has 0 bridgehead atoms. The van der Waals surface area contributed by atoms with Crippen molar-refractivity contribution < 1.29 is 23.5 Å². The number of nitrogens with zero attached hydrogens (tertiary/aromatic N) is 4. The first-order valence-electron chi connectivity index (χ1n) is 13.8. The van der Waals surface area contributed by atoms with E-state index in [0.29, 0.717) is 59.1 Å². The van der Waals surface area contributed by atoms with Crippen LogP contribution in [0.1, 0.15) is 72.4 Å². The van der Waals surface area contributed by atoms with Crippen LogP contribution in [0.3, 0.4) is 0 Å². The zero-order chi connectivity index (χ0) is 30.7. The summed E-state index contributed by atoms with van der Waals surface area (Å²) >= 11 is 5.90. The molecule has 5 rings (SSSR count). The molecule has 1 amide bonds. The number of hydrogen-bond acceptors (Lipinski definition) is 6. The van der Waals surface area contributed by atoms with Crippen LogP contribution < -0.4 is 4.90 Å². The summed E-state index contributed by atoms with van der Waals surface area (Å²) in [7, 11) is 0. The second-order valence-corrected chi connectivity index (χ2v) is 12.9. The number of aryl methyl sites for hydroxylation is 2. The quantitative estimate of drug-likeness (QED) is 0.271. The van der Waals surface area contributed by atoms with Crippen molar-refractivity contribution in [2.75, 3.05) is 24.5 Å². The Morgan fingerprint density at radius 1 is 1.07 bits per heavy atom. The molecule has 0 unspecified atom stereocenters. The van der Waals surface area contributed by atoms with Crippen LogP contribution in [0.4, 0.5) is 10.2 Å². The highest BCUT2D eigenvalue weighted by Crippen LogP contribution is 2.36. The zero-order valence-corrected chi connectivity index (χ0v) is 25.6. The van der Waals surface area contributed by atoms with Gasteiger partial charge in [0.25, 0.3) is 5.91 Å². The first-order chi connectivity index (χ1) is 19.6. The average molecular weight is 593 g/mol. The maximum Gasteiger partial charge on any atom is 0.337 e. The largest absolute Gasteiger partial charge is 0.478 e. The number of carbonyl (C=O) groups is 2. The third-order valence-corrected chi connectivity index (χ3v) is 8.09. The molecule has 0 saturated carbocycles. The van der Waals surface area contributed by atoms with Crippen LogP contribution in [-0.2, 0) is 5.41 Å². The number of aromatic nitrogens is 2. The van der Waals surface area contributed by atoms with Gasteiger partial charge >= 0.3 is 5.97 Å². The van der Waals surface area contributed by atoms with Gasteiger partial charge in [0.2, 0.25) is 0 Å². The highest BCUT2D eigenvalue weighted by atomic mass is 35.5. The number of piperazine rings is 1. The summed E-state index contributed by atoms with van der Waals surface area (Å²) < 4.78 is 20.5. The summed E-state index contributed by atoms with van der Waals surface area (Å²) in [5.74, 6) is -0.917. The molecule has 10 heteroatoms. The molecule has 1 fully saturated rings. The van der Waals surface area contributed by atoms with E-state index in [-0.39, 0.29) is 27.7 Å². The van der Waals surface area contributed by atoms with Gasteiger partial charge in [-0.2, -0.15) is 0 Å². The number of anilines is 1. The molecule has 4 heterocycles. The Balaban J connectivity index is 1.47. The lowest BCUT2D eigenvalue weighted by Gasteiger charge is -2.47. The SMILES string of the molecule is Cc1cc(N2CCN(C(=O)c3cc4nc(-c5ccc(Cl)c(F)c5)cc(C(C)(C)C)c4o3)C(C)(C)C2)nc(C)c1C(=O)O. The number of carbonyl (C=O) groups excluding carboxylic acids is 1. The molecule has 1 aliphatic rings. The van der Waals surface area contributed by atoms with Crippen LogP contribution in [0.15, 0.2) is 40.8 Å². The minimum Gasteiger partial charge on any atom is -0.478 e. The number of hydrogen-bond donors (Lipinski definition) is 1. The van der Waals surface area contributed by atoms with Gasteiger partial charge in [-0.3, -0.25) is 4.79 Å². The molecule has 8 nitrogen and oxygen atoms in total. The van der Waals surface area contributed by atoms with Crippen LogP contribution in [0, 0.1) is 19.7 Å². The number of aromatic carboxylic acids is 1. The van der Waals surface area contributed by atoms with Gasteiger partial charge in [-0.05, 0) is 62.9 Å². The lowest BCUT2D eigenvalue weighted by Crippen LogP contribution is -2.61. The molecule has 0 spiro atoms.